The molecule has 0 unspecified atom stereocenters. The first-order chi connectivity index (χ1) is 13.1. The van der Waals surface area contributed by atoms with Crippen LogP contribution in [0, 0.1) is 0 Å². The van der Waals surface area contributed by atoms with Gasteiger partial charge in [0.15, 0.2) is 5.65 Å². The highest BCUT2D eigenvalue weighted by atomic mass is 35.5. The van der Waals surface area contributed by atoms with Gasteiger partial charge in [0.05, 0.1) is 26.9 Å². The van der Waals surface area contributed by atoms with E-state index in [1.165, 1.54) is 9.13 Å². The van der Waals surface area contributed by atoms with E-state index in [2.05, 4.69) is 9.97 Å². The first kappa shape index (κ1) is 17.6. The summed E-state index contributed by atoms with van der Waals surface area (Å²) in [6.45, 7) is 0.282. The van der Waals surface area contributed by atoms with Gasteiger partial charge in [-0.2, -0.15) is 4.98 Å². The Morgan fingerprint density at radius 1 is 1.04 bits per heavy atom. The summed E-state index contributed by atoms with van der Waals surface area (Å²) in [5, 5.41) is 0.764. The first-order valence-corrected chi connectivity index (χ1v) is 8.87. The summed E-state index contributed by atoms with van der Waals surface area (Å²) >= 11 is 12.6. The summed E-state index contributed by atoms with van der Waals surface area (Å²) < 4.78 is 8.59. The zero-order chi connectivity index (χ0) is 19.0. The topological polar surface area (TPSA) is 61.9 Å². The van der Waals surface area contributed by atoms with Crippen molar-refractivity contribution in [3.05, 3.63) is 81.0 Å². The monoisotopic (exact) mass is 400 g/mol. The van der Waals surface area contributed by atoms with Crippen LogP contribution in [-0.4, -0.2) is 19.1 Å². The lowest BCUT2D eigenvalue weighted by Crippen LogP contribution is -2.21. The van der Waals surface area contributed by atoms with E-state index in [1.54, 1.807) is 43.6 Å². The van der Waals surface area contributed by atoms with Gasteiger partial charge in [0, 0.05) is 19.3 Å². The molecule has 27 heavy (non-hydrogen) atoms. The average Bonchev–Trinajstić information content (AvgIpc) is 2.92. The van der Waals surface area contributed by atoms with Gasteiger partial charge in [-0.15, -0.1) is 0 Å². The normalized spacial score (nSPS) is 11.1. The van der Waals surface area contributed by atoms with Gasteiger partial charge in [-0.25, -0.2) is 4.79 Å². The molecule has 0 spiro atoms. The molecule has 136 valence electrons. The van der Waals surface area contributed by atoms with Crippen LogP contribution < -0.4 is 10.4 Å². The number of pyridine rings is 2. The molecule has 8 heteroatoms. The van der Waals surface area contributed by atoms with E-state index >= 15 is 0 Å². The van der Waals surface area contributed by atoms with Crippen molar-refractivity contribution >= 4 is 34.4 Å². The van der Waals surface area contributed by atoms with Crippen molar-refractivity contribution < 1.29 is 4.74 Å². The van der Waals surface area contributed by atoms with E-state index in [4.69, 9.17) is 27.9 Å². The molecule has 0 saturated carbocycles. The number of fused-ring (bicyclic) bond motifs is 1. The van der Waals surface area contributed by atoms with E-state index in [0.717, 1.165) is 5.69 Å². The number of rotatable bonds is 4. The lowest BCUT2D eigenvalue weighted by Gasteiger charge is -2.08. The van der Waals surface area contributed by atoms with Crippen LogP contribution in [0.15, 0.2) is 59.5 Å². The Bertz CT molecular complexity index is 1170. The van der Waals surface area contributed by atoms with Gasteiger partial charge in [0.2, 0.25) is 5.88 Å². The predicted molar refractivity (Wildman–Crippen MR) is 105 cm³/mol. The third-order valence-corrected chi connectivity index (χ3v) is 4.73. The number of benzene rings is 1. The average molecular weight is 401 g/mol. The van der Waals surface area contributed by atoms with Crippen molar-refractivity contribution in [2.24, 2.45) is 7.05 Å². The maximum absolute atomic E-state index is 12.8. The molecule has 0 atom stereocenters. The highest BCUT2D eigenvalue weighted by Gasteiger charge is 2.18. The molecule has 0 aliphatic carbocycles. The van der Waals surface area contributed by atoms with Gasteiger partial charge >= 0.3 is 5.69 Å². The van der Waals surface area contributed by atoms with Crippen molar-refractivity contribution in [3.63, 3.8) is 0 Å². The number of hydrogen-bond donors (Lipinski definition) is 0. The van der Waals surface area contributed by atoms with Gasteiger partial charge in [0.1, 0.15) is 6.61 Å². The maximum atomic E-state index is 12.8. The number of ether oxygens (including phenoxy) is 1. The second-order valence-corrected chi connectivity index (χ2v) is 6.66. The Hall–Kier alpha value is -2.83. The molecule has 0 radical (unpaired) electrons. The fourth-order valence-corrected chi connectivity index (χ4v) is 3.39. The molecule has 1 aromatic carbocycles. The summed E-state index contributed by atoms with van der Waals surface area (Å²) in [5.74, 6) is 0.395. The zero-order valence-electron chi connectivity index (χ0n) is 14.3. The molecule has 4 rings (SSSR count). The van der Waals surface area contributed by atoms with E-state index in [-0.39, 0.29) is 12.3 Å². The number of nitrogens with zero attached hydrogens (tertiary/aromatic N) is 4. The van der Waals surface area contributed by atoms with Crippen molar-refractivity contribution in [2.75, 3.05) is 0 Å². The number of imidazole rings is 1. The molecule has 0 saturated heterocycles. The van der Waals surface area contributed by atoms with Gasteiger partial charge in [-0.1, -0.05) is 35.3 Å². The molecule has 0 aliphatic heterocycles. The molecule has 3 heterocycles. The lowest BCUT2D eigenvalue weighted by molar-refractivity contribution is 0.290. The fraction of sp³-hybridized carbons (Fsp3) is 0.105. The standard InChI is InChI=1S/C19H14Cl2N4O2/c1-24-18-15(25(19(24)26)17-13(20)6-4-7-14(17)21)8-9-16(23-18)27-11-12-5-2-3-10-22-12/h2-10H,11H2,1H3. The summed E-state index contributed by atoms with van der Waals surface area (Å²) in [7, 11) is 1.64. The summed E-state index contributed by atoms with van der Waals surface area (Å²) in [4.78, 5) is 21.5. The smallest absolute Gasteiger partial charge is 0.334 e. The van der Waals surface area contributed by atoms with Gasteiger partial charge in [-0.3, -0.25) is 14.1 Å². The maximum Gasteiger partial charge on any atom is 0.334 e. The van der Waals surface area contributed by atoms with E-state index in [1.807, 2.05) is 18.2 Å². The van der Waals surface area contributed by atoms with Crippen LogP contribution in [0.3, 0.4) is 0 Å². The van der Waals surface area contributed by atoms with Crippen LogP contribution in [0.4, 0.5) is 0 Å². The van der Waals surface area contributed by atoms with Crippen molar-refractivity contribution in [1.82, 2.24) is 19.1 Å². The minimum absolute atomic E-state index is 0.282. The molecule has 6 nitrogen and oxygen atoms in total. The minimum atomic E-state index is -0.297. The molecular formula is C19H14Cl2N4O2. The Morgan fingerprint density at radius 3 is 2.52 bits per heavy atom. The number of hydrogen-bond acceptors (Lipinski definition) is 4. The van der Waals surface area contributed by atoms with Crippen LogP contribution in [0.1, 0.15) is 5.69 Å². The fourth-order valence-electron chi connectivity index (χ4n) is 2.82. The second-order valence-electron chi connectivity index (χ2n) is 5.85. The van der Waals surface area contributed by atoms with E-state index < -0.39 is 0 Å². The molecule has 0 aliphatic rings. The van der Waals surface area contributed by atoms with Crippen LogP contribution >= 0.6 is 23.2 Å². The number of aromatic nitrogens is 4. The van der Waals surface area contributed by atoms with Crippen LogP contribution in [0.2, 0.25) is 10.0 Å². The van der Waals surface area contributed by atoms with Gasteiger partial charge in [-0.05, 0) is 30.3 Å². The van der Waals surface area contributed by atoms with Gasteiger partial charge in [0.25, 0.3) is 0 Å². The lowest BCUT2D eigenvalue weighted by atomic mass is 10.3. The van der Waals surface area contributed by atoms with Crippen LogP contribution in [0.25, 0.3) is 16.9 Å². The molecule has 0 N–H and O–H groups in total. The molecule has 4 aromatic rings. The minimum Gasteiger partial charge on any atom is -0.471 e. The summed E-state index contributed by atoms with van der Waals surface area (Å²) in [6.07, 6.45) is 1.70. The van der Waals surface area contributed by atoms with Crippen molar-refractivity contribution in [1.29, 1.82) is 0 Å². The third kappa shape index (κ3) is 3.18. The second kappa shape index (κ2) is 7.06. The highest BCUT2D eigenvalue weighted by molar-refractivity contribution is 6.37. The van der Waals surface area contributed by atoms with Crippen molar-refractivity contribution in [3.8, 4) is 11.6 Å². The Morgan fingerprint density at radius 2 is 1.81 bits per heavy atom. The van der Waals surface area contributed by atoms with E-state index in [0.29, 0.717) is 32.8 Å². The predicted octanol–water partition coefficient (Wildman–Crippen LogP) is 4.01. The Kier molecular flexibility index (Phi) is 4.59. The molecule has 0 bridgehead atoms. The highest BCUT2D eigenvalue weighted by Crippen LogP contribution is 2.30. The Balaban J connectivity index is 1.78. The zero-order valence-corrected chi connectivity index (χ0v) is 15.8. The first-order valence-electron chi connectivity index (χ1n) is 8.12. The summed E-state index contributed by atoms with van der Waals surface area (Å²) in [6, 6.07) is 14.2. The van der Waals surface area contributed by atoms with Crippen LogP contribution in [0.5, 0.6) is 5.88 Å². The number of para-hydroxylation sites is 1. The largest absolute Gasteiger partial charge is 0.471 e. The van der Waals surface area contributed by atoms with Gasteiger partial charge < -0.3 is 4.74 Å². The molecule has 0 amide bonds. The SMILES string of the molecule is Cn1c(=O)n(-c2c(Cl)cccc2Cl)c2ccc(OCc3ccccn3)nc21. The Labute approximate surface area is 164 Å². The number of aryl methyl sites for hydroxylation is 1. The molecule has 3 aromatic heterocycles. The number of halogens is 2. The van der Waals surface area contributed by atoms with E-state index in [9.17, 15) is 4.79 Å². The third-order valence-electron chi connectivity index (χ3n) is 4.12. The van der Waals surface area contributed by atoms with Crippen LogP contribution in [-0.2, 0) is 13.7 Å². The quantitative estimate of drug-likeness (QED) is 0.519. The summed E-state index contributed by atoms with van der Waals surface area (Å²) in [5.41, 5.74) is 1.97. The van der Waals surface area contributed by atoms with Crippen molar-refractivity contribution in [2.45, 2.75) is 6.61 Å². The molecule has 0 fully saturated rings. The molecular weight excluding hydrogens is 387 g/mol.